The summed E-state index contributed by atoms with van der Waals surface area (Å²) in [6.45, 7) is 6.06. The standard InChI is InChI=1S/C12H18N2O2/c1-3-14-12(10-4-6-16-7-5-10)11(8-13-14)9(2)15/h8,10H,3-7H2,1-2H3. The van der Waals surface area contributed by atoms with E-state index >= 15 is 0 Å². The Morgan fingerprint density at radius 3 is 2.81 bits per heavy atom. The van der Waals surface area contributed by atoms with E-state index in [9.17, 15) is 4.79 Å². The molecule has 88 valence electrons. The minimum atomic E-state index is 0.112. The van der Waals surface area contributed by atoms with Crippen molar-refractivity contribution in [3.8, 4) is 0 Å². The van der Waals surface area contributed by atoms with Gasteiger partial charge in [-0.1, -0.05) is 0 Å². The highest BCUT2D eigenvalue weighted by Crippen LogP contribution is 2.29. The Bertz CT molecular complexity index is 378. The van der Waals surface area contributed by atoms with Crippen molar-refractivity contribution in [3.63, 3.8) is 0 Å². The van der Waals surface area contributed by atoms with Crippen molar-refractivity contribution in [2.75, 3.05) is 13.2 Å². The van der Waals surface area contributed by atoms with Crippen LogP contribution in [-0.2, 0) is 11.3 Å². The van der Waals surface area contributed by atoms with Gasteiger partial charge in [-0.15, -0.1) is 0 Å². The van der Waals surface area contributed by atoms with Crippen LogP contribution in [0.4, 0.5) is 0 Å². The molecule has 0 amide bonds. The molecule has 0 N–H and O–H groups in total. The molecule has 2 heterocycles. The minimum absolute atomic E-state index is 0.112. The lowest BCUT2D eigenvalue weighted by molar-refractivity contribution is 0.0828. The van der Waals surface area contributed by atoms with Gasteiger partial charge in [0.2, 0.25) is 0 Å². The topological polar surface area (TPSA) is 44.1 Å². The molecule has 1 fully saturated rings. The van der Waals surface area contributed by atoms with Gasteiger partial charge >= 0.3 is 0 Å². The number of Topliss-reactive ketones (excluding diaryl/α,β-unsaturated/α-hetero) is 1. The molecule has 1 saturated heterocycles. The number of nitrogens with zero attached hydrogens (tertiary/aromatic N) is 2. The van der Waals surface area contributed by atoms with Crippen LogP contribution >= 0.6 is 0 Å². The van der Waals surface area contributed by atoms with Gasteiger partial charge < -0.3 is 4.74 Å². The molecular weight excluding hydrogens is 204 g/mol. The van der Waals surface area contributed by atoms with Gasteiger partial charge in [-0.3, -0.25) is 9.48 Å². The summed E-state index contributed by atoms with van der Waals surface area (Å²) in [5, 5.41) is 4.29. The predicted molar refractivity (Wildman–Crippen MR) is 60.7 cm³/mol. The minimum Gasteiger partial charge on any atom is -0.381 e. The largest absolute Gasteiger partial charge is 0.381 e. The van der Waals surface area contributed by atoms with E-state index in [1.807, 2.05) is 4.68 Å². The highest BCUT2D eigenvalue weighted by Gasteiger charge is 2.24. The van der Waals surface area contributed by atoms with Crippen LogP contribution in [0.2, 0.25) is 0 Å². The van der Waals surface area contributed by atoms with E-state index in [1.54, 1.807) is 13.1 Å². The molecule has 1 aliphatic rings. The van der Waals surface area contributed by atoms with Crippen LogP contribution in [0.1, 0.15) is 48.7 Å². The molecule has 0 unspecified atom stereocenters. The van der Waals surface area contributed by atoms with Crippen LogP contribution in [-0.4, -0.2) is 28.8 Å². The summed E-state index contributed by atoms with van der Waals surface area (Å²) in [6.07, 6.45) is 3.69. The second-order valence-electron chi connectivity index (χ2n) is 4.20. The number of carbonyl (C=O) groups excluding carboxylic acids is 1. The van der Waals surface area contributed by atoms with Crippen LogP contribution in [0.25, 0.3) is 0 Å². The normalized spacial score (nSPS) is 17.6. The Morgan fingerprint density at radius 1 is 1.56 bits per heavy atom. The number of aromatic nitrogens is 2. The van der Waals surface area contributed by atoms with Crippen molar-refractivity contribution in [2.45, 2.75) is 39.2 Å². The van der Waals surface area contributed by atoms with Gasteiger partial charge in [-0.05, 0) is 26.7 Å². The number of ketones is 1. The second kappa shape index (κ2) is 4.78. The van der Waals surface area contributed by atoms with Crippen LogP contribution < -0.4 is 0 Å². The molecule has 0 aliphatic carbocycles. The van der Waals surface area contributed by atoms with E-state index in [2.05, 4.69) is 12.0 Å². The first-order chi connectivity index (χ1) is 7.74. The highest BCUT2D eigenvalue weighted by molar-refractivity contribution is 5.95. The van der Waals surface area contributed by atoms with Gasteiger partial charge in [0.15, 0.2) is 5.78 Å². The summed E-state index contributed by atoms with van der Waals surface area (Å²) < 4.78 is 7.31. The van der Waals surface area contributed by atoms with Crippen molar-refractivity contribution in [3.05, 3.63) is 17.5 Å². The van der Waals surface area contributed by atoms with Crippen molar-refractivity contribution in [1.29, 1.82) is 0 Å². The van der Waals surface area contributed by atoms with E-state index in [4.69, 9.17) is 4.74 Å². The maximum atomic E-state index is 11.6. The zero-order chi connectivity index (χ0) is 11.5. The third-order valence-corrected chi connectivity index (χ3v) is 3.17. The van der Waals surface area contributed by atoms with Gasteiger partial charge in [-0.2, -0.15) is 5.10 Å². The molecule has 0 saturated carbocycles. The molecule has 0 atom stereocenters. The predicted octanol–water partition coefficient (Wildman–Crippen LogP) is 2.00. The molecule has 1 aliphatic heterocycles. The summed E-state index contributed by atoms with van der Waals surface area (Å²) >= 11 is 0. The van der Waals surface area contributed by atoms with Gasteiger partial charge in [0.25, 0.3) is 0 Å². The SMILES string of the molecule is CCn1ncc(C(C)=O)c1C1CCOCC1. The summed E-state index contributed by atoms with van der Waals surface area (Å²) in [5.41, 5.74) is 1.90. The number of ether oxygens (including phenoxy) is 1. The Balaban J connectivity index is 2.34. The number of aryl methyl sites for hydroxylation is 1. The van der Waals surface area contributed by atoms with Gasteiger partial charge in [0, 0.05) is 25.7 Å². The summed E-state index contributed by atoms with van der Waals surface area (Å²) in [5.74, 6) is 0.538. The lowest BCUT2D eigenvalue weighted by Gasteiger charge is -2.23. The zero-order valence-corrected chi connectivity index (χ0v) is 9.90. The van der Waals surface area contributed by atoms with Crippen molar-refractivity contribution in [1.82, 2.24) is 9.78 Å². The van der Waals surface area contributed by atoms with E-state index in [-0.39, 0.29) is 5.78 Å². The quantitative estimate of drug-likeness (QED) is 0.735. The van der Waals surface area contributed by atoms with Gasteiger partial charge in [0.1, 0.15) is 0 Å². The number of hydrogen-bond donors (Lipinski definition) is 0. The van der Waals surface area contributed by atoms with E-state index in [1.165, 1.54) is 0 Å². The van der Waals surface area contributed by atoms with E-state index < -0.39 is 0 Å². The van der Waals surface area contributed by atoms with Gasteiger partial charge in [0.05, 0.1) is 17.5 Å². The van der Waals surface area contributed by atoms with Crippen LogP contribution in [0.15, 0.2) is 6.20 Å². The Morgan fingerprint density at radius 2 is 2.25 bits per heavy atom. The fourth-order valence-electron chi connectivity index (χ4n) is 2.32. The Hall–Kier alpha value is -1.16. The monoisotopic (exact) mass is 222 g/mol. The second-order valence-corrected chi connectivity index (χ2v) is 4.20. The first kappa shape index (κ1) is 11.3. The lowest BCUT2D eigenvalue weighted by Crippen LogP contribution is -2.19. The van der Waals surface area contributed by atoms with Gasteiger partial charge in [-0.25, -0.2) is 0 Å². The molecule has 4 heteroatoms. The molecule has 2 rings (SSSR count). The first-order valence-electron chi connectivity index (χ1n) is 5.88. The van der Waals surface area contributed by atoms with Crippen LogP contribution in [0.5, 0.6) is 0 Å². The molecule has 0 spiro atoms. The number of hydrogen-bond acceptors (Lipinski definition) is 3. The van der Waals surface area contributed by atoms with Crippen LogP contribution in [0, 0.1) is 0 Å². The summed E-state index contributed by atoms with van der Waals surface area (Å²) in [7, 11) is 0. The lowest BCUT2D eigenvalue weighted by atomic mass is 9.92. The maximum Gasteiger partial charge on any atom is 0.163 e. The molecule has 0 aromatic carbocycles. The molecule has 1 aromatic heterocycles. The fraction of sp³-hybridized carbons (Fsp3) is 0.667. The molecular formula is C12H18N2O2. The van der Waals surface area contributed by atoms with Crippen LogP contribution in [0.3, 0.4) is 0 Å². The molecule has 0 bridgehead atoms. The third-order valence-electron chi connectivity index (χ3n) is 3.17. The highest BCUT2D eigenvalue weighted by atomic mass is 16.5. The smallest absolute Gasteiger partial charge is 0.163 e. The molecule has 4 nitrogen and oxygen atoms in total. The zero-order valence-electron chi connectivity index (χ0n) is 9.90. The van der Waals surface area contributed by atoms with Crippen molar-refractivity contribution >= 4 is 5.78 Å². The molecule has 16 heavy (non-hydrogen) atoms. The first-order valence-corrected chi connectivity index (χ1v) is 5.88. The van der Waals surface area contributed by atoms with E-state index in [0.717, 1.165) is 43.9 Å². The van der Waals surface area contributed by atoms with E-state index in [0.29, 0.717) is 5.92 Å². The fourth-order valence-corrected chi connectivity index (χ4v) is 2.32. The Kier molecular flexibility index (Phi) is 3.39. The third kappa shape index (κ3) is 2.02. The summed E-state index contributed by atoms with van der Waals surface area (Å²) in [4.78, 5) is 11.6. The number of carbonyl (C=O) groups is 1. The number of rotatable bonds is 3. The maximum absolute atomic E-state index is 11.6. The average Bonchev–Trinajstić information content (AvgIpc) is 2.73. The van der Waals surface area contributed by atoms with Crippen molar-refractivity contribution in [2.24, 2.45) is 0 Å². The average molecular weight is 222 g/mol. The molecule has 1 aromatic rings. The Labute approximate surface area is 95.6 Å². The molecule has 0 radical (unpaired) electrons. The summed E-state index contributed by atoms with van der Waals surface area (Å²) in [6, 6.07) is 0. The van der Waals surface area contributed by atoms with Crippen molar-refractivity contribution < 1.29 is 9.53 Å².